The summed E-state index contributed by atoms with van der Waals surface area (Å²) in [7, 11) is 1.77. The van der Waals surface area contributed by atoms with Gasteiger partial charge in [-0.05, 0) is 57.1 Å². The van der Waals surface area contributed by atoms with Gasteiger partial charge < -0.3 is 10.2 Å². The number of hydrogen-bond donors (Lipinski definition) is 2. The highest BCUT2D eigenvalue weighted by Gasteiger charge is 2.33. The summed E-state index contributed by atoms with van der Waals surface area (Å²) in [5.74, 6) is 2.49. The minimum Gasteiger partial charge on any atom is -0.323 e. The molecule has 170 valence electrons. The lowest BCUT2D eigenvalue weighted by Gasteiger charge is -2.22. The van der Waals surface area contributed by atoms with E-state index < -0.39 is 0 Å². The Morgan fingerprint density at radius 3 is 2.64 bits per heavy atom. The van der Waals surface area contributed by atoms with E-state index in [0.29, 0.717) is 29.2 Å². The fourth-order valence-corrected chi connectivity index (χ4v) is 4.20. The van der Waals surface area contributed by atoms with E-state index in [1.165, 1.54) is 17.8 Å². The van der Waals surface area contributed by atoms with E-state index in [9.17, 15) is 4.39 Å². The number of aryl methyl sites for hydroxylation is 2. The smallest absolute Gasteiger partial charge is 0.233 e. The topological polar surface area (TPSA) is 87.5 Å². The van der Waals surface area contributed by atoms with Gasteiger partial charge in [0.15, 0.2) is 5.82 Å². The molecule has 1 aliphatic rings. The van der Waals surface area contributed by atoms with Crippen molar-refractivity contribution in [1.82, 2.24) is 29.7 Å². The fraction of sp³-hybridized carbons (Fsp3) is 0.304. The normalized spacial score (nSPS) is 13.4. The van der Waals surface area contributed by atoms with Gasteiger partial charge in [0.05, 0.1) is 11.4 Å². The van der Waals surface area contributed by atoms with E-state index >= 15 is 0 Å². The van der Waals surface area contributed by atoms with E-state index in [2.05, 4.69) is 20.5 Å². The van der Waals surface area contributed by atoms with Crippen molar-refractivity contribution in [2.24, 2.45) is 0 Å². The Hall–Kier alpha value is -3.40. The van der Waals surface area contributed by atoms with Crippen LogP contribution < -0.4 is 10.2 Å². The Labute approximate surface area is 195 Å². The third-order valence-corrected chi connectivity index (χ3v) is 6.35. The minimum absolute atomic E-state index is 0.323. The quantitative estimate of drug-likeness (QED) is 0.361. The Bertz CT molecular complexity index is 1310. The summed E-state index contributed by atoms with van der Waals surface area (Å²) >= 11 is 1.50. The fourth-order valence-electron chi connectivity index (χ4n) is 3.77. The van der Waals surface area contributed by atoms with E-state index in [1.54, 1.807) is 24.3 Å². The molecule has 0 saturated heterocycles. The van der Waals surface area contributed by atoms with Crippen LogP contribution in [0.3, 0.4) is 0 Å². The summed E-state index contributed by atoms with van der Waals surface area (Å²) in [4.78, 5) is 16.6. The molecule has 1 aliphatic carbocycles. The standard InChI is InChI=1S/C23H25FN8S/c1-13-9-19(30-29-13)26-21-20(15-5-6-15)22(32-11-14(2)25-12-32)28-23(27-21)31(3)18-8-7-16(33-4)10-17(18)24/h7-12,15H,5-6H2,1-4H3,(H2,26,27,28,29,30). The minimum atomic E-state index is -0.323. The molecular weight excluding hydrogens is 439 g/mol. The zero-order valence-corrected chi connectivity index (χ0v) is 19.7. The summed E-state index contributed by atoms with van der Waals surface area (Å²) in [6.07, 6.45) is 7.75. The summed E-state index contributed by atoms with van der Waals surface area (Å²) < 4.78 is 16.8. The molecule has 1 aromatic carbocycles. The molecule has 3 aromatic heterocycles. The Balaban J connectivity index is 1.65. The number of aromatic nitrogens is 6. The van der Waals surface area contributed by atoms with Crippen LogP contribution in [0.2, 0.25) is 0 Å². The Morgan fingerprint density at radius 1 is 1.21 bits per heavy atom. The average molecular weight is 465 g/mol. The summed E-state index contributed by atoms with van der Waals surface area (Å²) in [5.41, 5.74) is 3.25. The molecular formula is C23H25FN8S. The molecule has 2 N–H and O–H groups in total. The van der Waals surface area contributed by atoms with Crippen molar-refractivity contribution in [3.63, 3.8) is 0 Å². The first-order valence-corrected chi connectivity index (χ1v) is 11.9. The van der Waals surface area contributed by atoms with Gasteiger partial charge in [0.2, 0.25) is 5.95 Å². The van der Waals surface area contributed by atoms with Gasteiger partial charge >= 0.3 is 0 Å². The van der Waals surface area contributed by atoms with Gasteiger partial charge in [0.25, 0.3) is 0 Å². The predicted molar refractivity (Wildman–Crippen MR) is 129 cm³/mol. The summed E-state index contributed by atoms with van der Waals surface area (Å²) in [5, 5.41) is 10.6. The van der Waals surface area contributed by atoms with Crippen molar-refractivity contribution in [3.05, 3.63) is 59.6 Å². The van der Waals surface area contributed by atoms with Gasteiger partial charge in [-0.3, -0.25) is 9.67 Å². The largest absolute Gasteiger partial charge is 0.323 e. The van der Waals surface area contributed by atoms with Crippen molar-refractivity contribution in [1.29, 1.82) is 0 Å². The van der Waals surface area contributed by atoms with Crippen molar-refractivity contribution in [2.75, 3.05) is 23.5 Å². The number of benzene rings is 1. The maximum absolute atomic E-state index is 14.9. The first-order chi connectivity index (χ1) is 15.9. The van der Waals surface area contributed by atoms with E-state index in [4.69, 9.17) is 9.97 Å². The number of nitrogens with one attached hydrogen (secondary N) is 2. The van der Waals surface area contributed by atoms with E-state index in [-0.39, 0.29) is 5.82 Å². The number of rotatable bonds is 7. The van der Waals surface area contributed by atoms with Gasteiger partial charge in [-0.15, -0.1) is 11.8 Å². The molecule has 0 unspecified atom stereocenters. The van der Waals surface area contributed by atoms with Gasteiger partial charge in [0.1, 0.15) is 23.8 Å². The van der Waals surface area contributed by atoms with Crippen molar-refractivity contribution >= 4 is 35.0 Å². The van der Waals surface area contributed by atoms with Crippen LogP contribution in [0.4, 0.5) is 27.7 Å². The summed E-state index contributed by atoms with van der Waals surface area (Å²) in [6.45, 7) is 3.88. The van der Waals surface area contributed by atoms with E-state index in [1.807, 2.05) is 43.0 Å². The molecule has 1 fully saturated rings. The highest BCUT2D eigenvalue weighted by Crippen LogP contribution is 2.46. The monoisotopic (exact) mass is 464 g/mol. The van der Waals surface area contributed by atoms with Crippen LogP contribution >= 0.6 is 11.8 Å². The maximum Gasteiger partial charge on any atom is 0.233 e. The van der Waals surface area contributed by atoms with Crippen LogP contribution in [0.5, 0.6) is 0 Å². The zero-order chi connectivity index (χ0) is 23.1. The SMILES string of the molecule is CSc1ccc(N(C)c2nc(Nc3cc(C)[nH]n3)c(C3CC3)c(-n3cnc(C)c3)n2)c(F)c1. The molecule has 0 amide bonds. The van der Waals surface area contributed by atoms with E-state index in [0.717, 1.165) is 40.5 Å². The second-order valence-electron chi connectivity index (χ2n) is 8.24. The van der Waals surface area contributed by atoms with Gasteiger partial charge in [-0.1, -0.05) is 0 Å². The molecule has 33 heavy (non-hydrogen) atoms. The van der Waals surface area contributed by atoms with Crippen LogP contribution in [-0.4, -0.2) is 43.0 Å². The lowest BCUT2D eigenvalue weighted by Crippen LogP contribution is -2.18. The first kappa shape index (κ1) is 21.4. The molecule has 1 saturated carbocycles. The molecule has 8 nitrogen and oxygen atoms in total. The summed E-state index contributed by atoms with van der Waals surface area (Å²) in [6, 6.07) is 7.10. The average Bonchev–Trinajstić information content (AvgIpc) is 3.42. The lowest BCUT2D eigenvalue weighted by molar-refractivity contribution is 0.623. The Morgan fingerprint density at radius 2 is 2.03 bits per heavy atom. The maximum atomic E-state index is 14.9. The predicted octanol–water partition coefficient (Wildman–Crippen LogP) is 5.25. The van der Waals surface area contributed by atoms with Gasteiger partial charge in [-0.2, -0.15) is 15.1 Å². The molecule has 3 heterocycles. The van der Waals surface area contributed by atoms with Crippen molar-refractivity contribution in [2.45, 2.75) is 37.5 Å². The molecule has 10 heteroatoms. The number of thioether (sulfide) groups is 1. The van der Waals surface area contributed by atoms with Crippen LogP contribution in [0.15, 0.2) is 41.7 Å². The van der Waals surface area contributed by atoms with Gasteiger partial charge in [-0.25, -0.2) is 9.37 Å². The second-order valence-corrected chi connectivity index (χ2v) is 9.12. The number of halogens is 1. The number of hydrogen-bond acceptors (Lipinski definition) is 7. The third-order valence-electron chi connectivity index (χ3n) is 5.62. The molecule has 0 spiro atoms. The highest BCUT2D eigenvalue weighted by molar-refractivity contribution is 7.98. The molecule has 0 atom stereocenters. The van der Waals surface area contributed by atoms with Crippen LogP contribution in [0.25, 0.3) is 5.82 Å². The number of nitrogens with zero attached hydrogens (tertiary/aromatic N) is 6. The van der Waals surface area contributed by atoms with Crippen LogP contribution in [0.1, 0.15) is 35.7 Å². The molecule has 0 bridgehead atoms. The first-order valence-electron chi connectivity index (χ1n) is 10.7. The highest BCUT2D eigenvalue weighted by atomic mass is 32.2. The van der Waals surface area contributed by atoms with Crippen LogP contribution in [0, 0.1) is 19.7 Å². The van der Waals surface area contributed by atoms with Gasteiger partial charge in [0, 0.05) is 35.5 Å². The van der Waals surface area contributed by atoms with Crippen LogP contribution in [-0.2, 0) is 0 Å². The lowest BCUT2D eigenvalue weighted by atomic mass is 10.1. The van der Waals surface area contributed by atoms with Crippen molar-refractivity contribution < 1.29 is 4.39 Å². The molecule has 0 radical (unpaired) electrons. The Kier molecular flexibility index (Phi) is 5.53. The molecule has 0 aliphatic heterocycles. The number of aromatic amines is 1. The zero-order valence-electron chi connectivity index (χ0n) is 18.9. The third kappa shape index (κ3) is 4.30. The number of H-pyrrole nitrogens is 1. The number of imidazole rings is 1. The second kappa shape index (κ2) is 8.51. The van der Waals surface area contributed by atoms with Crippen molar-refractivity contribution in [3.8, 4) is 5.82 Å². The molecule has 4 aromatic rings. The molecule has 5 rings (SSSR count). The number of anilines is 4.